The molecule has 6 heteroatoms. The molecule has 1 saturated heterocycles. The lowest BCUT2D eigenvalue weighted by molar-refractivity contribution is -0.149. The lowest BCUT2D eigenvalue weighted by Gasteiger charge is -2.17. The first kappa shape index (κ1) is 11.2. The van der Waals surface area contributed by atoms with E-state index in [9.17, 15) is 4.79 Å². The topological polar surface area (TPSA) is 55.8 Å². The van der Waals surface area contributed by atoms with E-state index >= 15 is 0 Å². The van der Waals surface area contributed by atoms with Crippen molar-refractivity contribution in [2.45, 2.75) is 29.5 Å². The van der Waals surface area contributed by atoms with Crippen molar-refractivity contribution in [1.82, 2.24) is 0 Å². The maximum Gasteiger partial charge on any atom is 0.303 e. The van der Waals surface area contributed by atoms with Crippen molar-refractivity contribution in [3.8, 4) is 0 Å². The highest BCUT2D eigenvalue weighted by Gasteiger charge is 2.44. The lowest BCUT2D eigenvalue weighted by atomic mass is 10.2. The molecule has 0 aromatic rings. The van der Waals surface area contributed by atoms with Crippen LogP contribution in [0.4, 0.5) is 0 Å². The highest BCUT2D eigenvalue weighted by molar-refractivity contribution is 9.09. The van der Waals surface area contributed by atoms with Crippen molar-refractivity contribution in [3.05, 3.63) is 0 Å². The largest absolute Gasteiger partial charge is 0.458 e. The highest BCUT2D eigenvalue weighted by Crippen LogP contribution is 2.31. The van der Waals surface area contributed by atoms with Crippen LogP contribution in [0.5, 0.6) is 0 Å². The number of hydrogen-bond acceptors (Lipinski definition) is 4. The fourth-order valence-electron chi connectivity index (χ4n) is 1.15. The molecule has 1 unspecified atom stereocenters. The van der Waals surface area contributed by atoms with Gasteiger partial charge in [-0.05, 0) is 0 Å². The van der Waals surface area contributed by atoms with E-state index < -0.39 is 28.6 Å². The number of rotatable bonds is 2. The van der Waals surface area contributed by atoms with Gasteiger partial charge in [-0.1, -0.05) is 15.9 Å². The summed E-state index contributed by atoms with van der Waals surface area (Å²) in [4.78, 5) is 10.7. The average Bonchev–Trinajstić information content (AvgIpc) is 2.31. The van der Waals surface area contributed by atoms with Crippen LogP contribution in [0.1, 0.15) is 6.92 Å². The molecule has 1 N–H and O–H groups in total. The molecule has 1 heterocycles. The molecular formula is C7H10BrClO4. The van der Waals surface area contributed by atoms with Gasteiger partial charge in [0.15, 0.2) is 0 Å². The number of aliphatic hydroxyl groups is 1. The summed E-state index contributed by atoms with van der Waals surface area (Å²) in [5.41, 5.74) is 0. The fraction of sp³-hybridized carbons (Fsp3) is 0.857. The second-order valence-electron chi connectivity index (χ2n) is 2.73. The first-order chi connectivity index (χ1) is 6.06. The number of carbonyl (C=O) groups excluding carboxylic acids is 1. The molecule has 1 fully saturated rings. The molecule has 1 aliphatic heterocycles. The second kappa shape index (κ2) is 4.59. The van der Waals surface area contributed by atoms with Gasteiger partial charge in [0.05, 0.1) is 6.61 Å². The molecule has 0 radical (unpaired) electrons. The Morgan fingerprint density at radius 2 is 2.38 bits per heavy atom. The molecule has 4 atom stereocenters. The SMILES string of the molecule is CC(=O)O[C@@H]1[C@@H](CO)OC(Br)[C@@H]1Cl. The fourth-order valence-corrected chi connectivity index (χ4v) is 2.00. The minimum Gasteiger partial charge on any atom is -0.458 e. The quantitative estimate of drug-likeness (QED) is 0.592. The van der Waals surface area contributed by atoms with Crippen molar-refractivity contribution in [2.75, 3.05) is 6.61 Å². The Morgan fingerprint density at radius 1 is 1.77 bits per heavy atom. The molecule has 0 bridgehead atoms. The van der Waals surface area contributed by atoms with Gasteiger partial charge in [0.2, 0.25) is 0 Å². The van der Waals surface area contributed by atoms with Gasteiger partial charge in [0.25, 0.3) is 0 Å². The molecule has 0 aromatic carbocycles. The predicted molar refractivity (Wildman–Crippen MR) is 49.9 cm³/mol. The third kappa shape index (κ3) is 2.56. The molecule has 1 rings (SSSR count). The first-order valence-corrected chi connectivity index (χ1v) is 5.13. The van der Waals surface area contributed by atoms with E-state index in [2.05, 4.69) is 15.9 Å². The van der Waals surface area contributed by atoms with Crippen molar-refractivity contribution in [3.63, 3.8) is 0 Å². The van der Waals surface area contributed by atoms with Crippen LogP contribution in [-0.4, -0.2) is 40.3 Å². The van der Waals surface area contributed by atoms with E-state index in [0.717, 1.165) is 0 Å². The average molecular weight is 274 g/mol. The summed E-state index contributed by atoms with van der Waals surface area (Å²) in [6, 6.07) is 0. The minimum absolute atomic E-state index is 0.219. The smallest absolute Gasteiger partial charge is 0.303 e. The third-order valence-corrected chi connectivity index (χ3v) is 3.28. The molecule has 0 aromatic heterocycles. The molecule has 0 amide bonds. The van der Waals surface area contributed by atoms with Crippen LogP contribution in [-0.2, 0) is 14.3 Å². The van der Waals surface area contributed by atoms with E-state index in [4.69, 9.17) is 26.2 Å². The van der Waals surface area contributed by atoms with Gasteiger partial charge < -0.3 is 14.6 Å². The monoisotopic (exact) mass is 272 g/mol. The Hall–Kier alpha value is 0.160. The van der Waals surface area contributed by atoms with Crippen molar-refractivity contribution in [2.24, 2.45) is 0 Å². The molecule has 1 aliphatic rings. The molecule has 13 heavy (non-hydrogen) atoms. The molecule has 76 valence electrons. The molecule has 0 aliphatic carbocycles. The number of carbonyl (C=O) groups is 1. The third-order valence-electron chi connectivity index (χ3n) is 1.72. The van der Waals surface area contributed by atoms with Gasteiger partial charge in [-0.3, -0.25) is 4.79 Å². The number of aliphatic hydroxyl groups excluding tert-OH is 1. The zero-order valence-electron chi connectivity index (χ0n) is 6.94. The Bertz CT molecular complexity index is 201. The number of esters is 1. The molecule has 0 saturated carbocycles. The normalized spacial score (nSPS) is 39.1. The minimum atomic E-state index is -0.589. The van der Waals surface area contributed by atoms with Gasteiger partial charge in [0.1, 0.15) is 22.6 Å². The summed E-state index contributed by atoms with van der Waals surface area (Å²) >= 11 is 9.04. The summed E-state index contributed by atoms with van der Waals surface area (Å²) in [5.74, 6) is -0.431. The summed E-state index contributed by atoms with van der Waals surface area (Å²) in [6.45, 7) is 1.07. The molecule has 0 spiro atoms. The van der Waals surface area contributed by atoms with Crippen LogP contribution in [0.3, 0.4) is 0 Å². The Kier molecular flexibility index (Phi) is 3.97. The summed E-state index contributed by atoms with van der Waals surface area (Å²) in [7, 11) is 0. The van der Waals surface area contributed by atoms with Crippen LogP contribution in [0.25, 0.3) is 0 Å². The van der Waals surface area contributed by atoms with Gasteiger partial charge in [-0.2, -0.15) is 0 Å². The Morgan fingerprint density at radius 3 is 2.85 bits per heavy atom. The summed E-state index contributed by atoms with van der Waals surface area (Å²) in [6.07, 6.45) is -1.13. The van der Waals surface area contributed by atoms with Crippen LogP contribution in [0.15, 0.2) is 0 Å². The number of alkyl halides is 2. The number of hydrogen-bond donors (Lipinski definition) is 1. The second-order valence-corrected chi connectivity index (χ2v) is 4.13. The molecular weight excluding hydrogens is 263 g/mol. The zero-order valence-corrected chi connectivity index (χ0v) is 9.29. The van der Waals surface area contributed by atoms with E-state index in [-0.39, 0.29) is 6.61 Å². The van der Waals surface area contributed by atoms with Gasteiger partial charge in [-0.15, -0.1) is 11.6 Å². The van der Waals surface area contributed by atoms with Gasteiger partial charge >= 0.3 is 5.97 Å². The predicted octanol–water partition coefficient (Wildman–Crippen LogP) is 0.638. The number of halogens is 2. The summed E-state index contributed by atoms with van der Waals surface area (Å²) in [5, 5.41) is 8.02. The van der Waals surface area contributed by atoms with E-state index in [1.165, 1.54) is 6.92 Å². The van der Waals surface area contributed by atoms with Crippen LogP contribution >= 0.6 is 27.5 Å². The summed E-state index contributed by atoms with van der Waals surface area (Å²) < 4.78 is 10.1. The van der Waals surface area contributed by atoms with Crippen molar-refractivity contribution < 1.29 is 19.4 Å². The lowest BCUT2D eigenvalue weighted by Crippen LogP contribution is -2.34. The van der Waals surface area contributed by atoms with Crippen molar-refractivity contribution >= 4 is 33.5 Å². The zero-order chi connectivity index (χ0) is 10.0. The Balaban J connectivity index is 2.62. The first-order valence-electron chi connectivity index (χ1n) is 3.78. The van der Waals surface area contributed by atoms with Gasteiger partial charge in [-0.25, -0.2) is 0 Å². The van der Waals surface area contributed by atoms with Crippen LogP contribution < -0.4 is 0 Å². The van der Waals surface area contributed by atoms with Crippen molar-refractivity contribution in [1.29, 1.82) is 0 Å². The highest BCUT2D eigenvalue weighted by atomic mass is 79.9. The Labute approximate surface area is 89.3 Å². The molecule has 4 nitrogen and oxygen atoms in total. The van der Waals surface area contributed by atoms with E-state index in [1.807, 2.05) is 0 Å². The standard InChI is InChI=1S/C7H10BrClO4/c1-3(11)12-6-4(2-10)13-7(8)5(6)9/h4-7,10H,2H2,1H3/t4-,5-,6-,7?/m1/s1. The van der Waals surface area contributed by atoms with E-state index in [1.54, 1.807) is 0 Å². The van der Waals surface area contributed by atoms with Crippen LogP contribution in [0.2, 0.25) is 0 Å². The van der Waals surface area contributed by atoms with E-state index in [0.29, 0.717) is 0 Å². The maximum atomic E-state index is 10.7. The van der Waals surface area contributed by atoms with Crippen LogP contribution in [0, 0.1) is 0 Å². The maximum absolute atomic E-state index is 10.7. The van der Waals surface area contributed by atoms with Gasteiger partial charge in [0, 0.05) is 6.92 Å². The number of ether oxygens (including phenoxy) is 2.